The summed E-state index contributed by atoms with van der Waals surface area (Å²) in [5, 5.41) is 2.70. The lowest BCUT2D eigenvalue weighted by Crippen LogP contribution is -2.47. The number of nitrogens with one attached hydrogen (secondary N) is 2. The zero-order valence-corrected chi connectivity index (χ0v) is 23.3. The number of morpholine rings is 1. The molecule has 1 aromatic heterocycles. The number of ether oxygens (including phenoxy) is 1. The fraction of sp³-hybridized carbons (Fsp3) is 0.400. The Morgan fingerprint density at radius 1 is 0.952 bits per heavy atom. The second kappa shape index (κ2) is 13.1. The van der Waals surface area contributed by atoms with Gasteiger partial charge < -0.3 is 25.7 Å². The minimum absolute atomic E-state index is 0.375. The van der Waals surface area contributed by atoms with Gasteiger partial charge in [-0.1, -0.05) is 24.3 Å². The number of nitrogens with two attached hydrogens (primary N) is 1. The Morgan fingerprint density at radius 3 is 2.38 bits per heavy atom. The Labute approximate surface area is 242 Å². The molecule has 0 aliphatic carbocycles. The summed E-state index contributed by atoms with van der Waals surface area (Å²) in [4.78, 5) is 33.8. The minimum Gasteiger partial charge on any atom is -0.378 e. The molecule has 3 heterocycles. The molecule has 42 heavy (non-hydrogen) atoms. The number of rotatable bonds is 8. The van der Waals surface area contributed by atoms with Gasteiger partial charge in [0.25, 0.3) is 5.91 Å². The molecule has 12 heteroatoms. The Morgan fingerprint density at radius 2 is 1.67 bits per heavy atom. The molecule has 5 rings (SSSR count). The van der Waals surface area contributed by atoms with Crippen LogP contribution in [0, 0.1) is 0 Å². The van der Waals surface area contributed by atoms with Gasteiger partial charge in [-0.25, -0.2) is 0 Å². The highest BCUT2D eigenvalue weighted by atomic mass is 19.4. The number of hydrogen-bond acceptors (Lipinski definition) is 7. The van der Waals surface area contributed by atoms with Crippen molar-refractivity contribution < 1.29 is 22.7 Å². The molecule has 0 bridgehead atoms. The predicted molar refractivity (Wildman–Crippen MR) is 156 cm³/mol. The van der Waals surface area contributed by atoms with Gasteiger partial charge >= 0.3 is 6.18 Å². The summed E-state index contributed by atoms with van der Waals surface area (Å²) in [5.74, 6) is -0.965. The van der Waals surface area contributed by atoms with E-state index in [-0.39, 0.29) is 0 Å². The molecule has 2 aliphatic heterocycles. The maximum Gasteiger partial charge on any atom is 0.417 e. The standard InChI is InChI=1S/C30H35F3N6O3/c31-30(32,33)25-18-28(40)35-19-24(25)29(41)36-26-17-23(4-5-27(26)39-12-14-42-15-13-39)22-3-1-2-21(16-22)20-38-10-8-37(7-6-34)9-11-38/h1-5,16-19H,6-15,20,34H2,(H,35,40)(H,36,41). The van der Waals surface area contributed by atoms with E-state index in [4.69, 9.17) is 10.5 Å². The molecule has 2 saturated heterocycles. The Hall–Kier alpha value is -3.71. The van der Waals surface area contributed by atoms with Gasteiger partial charge in [-0.05, 0) is 34.9 Å². The quantitative estimate of drug-likeness (QED) is 0.373. The van der Waals surface area contributed by atoms with E-state index in [2.05, 4.69) is 32.2 Å². The average Bonchev–Trinajstić information content (AvgIpc) is 2.98. The molecule has 3 aromatic rings. The highest BCUT2D eigenvalue weighted by Gasteiger charge is 2.36. The number of aromatic amines is 1. The zero-order chi connectivity index (χ0) is 29.7. The van der Waals surface area contributed by atoms with Crippen LogP contribution in [0.25, 0.3) is 11.1 Å². The third-order valence-corrected chi connectivity index (χ3v) is 7.65. The van der Waals surface area contributed by atoms with Crippen molar-refractivity contribution in [3.8, 4) is 11.1 Å². The number of pyridine rings is 1. The molecule has 2 aromatic carbocycles. The van der Waals surface area contributed by atoms with Crippen LogP contribution in [0.15, 0.2) is 59.5 Å². The molecule has 0 unspecified atom stereocenters. The Balaban J connectivity index is 1.42. The summed E-state index contributed by atoms with van der Waals surface area (Å²) in [7, 11) is 0. The van der Waals surface area contributed by atoms with Gasteiger partial charge in [-0.3, -0.25) is 19.4 Å². The Kier molecular flexibility index (Phi) is 9.27. The number of amides is 1. The van der Waals surface area contributed by atoms with Gasteiger partial charge in [0, 0.05) is 71.2 Å². The van der Waals surface area contributed by atoms with Crippen molar-refractivity contribution in [1.82, 2.24) is 14.8 Å². The van der Waals surface area contributed by atoms with Gasteiger partial charge in [-0.2, -0.15) is 13.2 Å². The van der Waals surface area contributed by atoms with Crippen molar-refractivity contribution in [2.24, 2.45) is 5.73 Å². The summed E-state index contributed by atoms with van der Waals surface area (Å²) < 4.78 is 46.5. The van der Waals surface area contributed by atoms with E-state index >= 15 is 0 Å². The number of hydrogen-bond donors (Lipinski definition) is 3. The van der Waals surface area contributed by atoms with E-state index in [0.29, 0.717) is 50.3 Å². The summed E-state index contributed by atoms with van der Waals surface area (Å²) in [6, 6.07) is 14.1. The smallest absolute Gasteiger partial charge is 0.378 e. The predicted octanol–water partition coefficient (Wildman–Crippen LogP) is 3.23. The van der Waals surface area contributed by atoms with E-state index in [0.717, 1.165) is 62.2 Å². The van der Waals surface area contributed by atoms with Gasteiger partial charge in [0.2, 0.25) is 5.56 Å². The van der Waals surface area contributed by atoms with E-state index in [1.54, 1.807) is 6.07 Å². The topological polar surface area (TPSA) is 107 Å². The molecule has 0 spiro atoms. The number of H-pyrrole nitrogens is 1. The lowest BCUT2D eigenvalue weighted by atomic mass is 10.0. The molecule has 0 atom stereocenters. The SMILES string of the molecule is NCCN1CCN(Cc2cccc(-c3ccc(N4CCOCC4)c(NC(=O)c4c[nH]c(=O)cc4C(F)(F)F)c3)c2)CC1. The summed E-state index contributed by atoms with van der Waals surface area (Å²) in [6.07, 6.45) is -4.06. The first-order chi connectivity index (χ1) is 20.2. The maximum absolute atomic E-state index is 13.7. The number of alkyl halides is 3. The number of halogens is 3. The van der Waals surface area contributed by atoms with E-state index < -0.39 is 28.8 Å². The van der Waals surface area contributed by atoms with Crippen molar-refractivity contribution in [2.75, 3.05) is 75.8 Å². The molecular weight excluding hydrogens is 549 g/mol. The molecule has 1 amide bonds. The van der Waals surface area contributed by atoms with Crippen molar-refractivity contribution in [3.05, 3.63) is 81.8 Å². The van der Waals surface area contributed by atoms with Crippen LogP contribution < -0.4 is 21.5 Å². The number of benzene rings is 2. The van der Waals surface area contributed by atoms with E-state index in [1.165, 1.54) is 0 Å². The van der Waals surface area contributed by atoms with Crippen LogP contribution >= 0.6 is 0 Å². The highest BCUT2D eigenvalue weighted by Crippen LogP contribution is 2.35. The number of carbonyl (C=O) groups excluding carboxylic acids is 1. The number of nitrogens with zero attached hydrogens (tertiary/aromatic N) is 3. The van der Waals surface area contributed by atoms with Crippen LogP contribution in [0.4, 0.5) is 24.5 Å². The molecule has 2 fully saturated rings. The first kappa shape index (κ1) is 29.8. The zero-order valence-electron chi connectivity index (χ0n) is 23.3. The number of piperazine rings is 1. The lowest BCUT2D eigenvalue weighted by Gasteiger charge is -2.34. The fourth-order valence-electron chi connectivity index (χ4n) is 5.44. The van der Waals surface area contributed by atoms with Crippen molar-refractivity contribution in [1.29, 1.82) is 0 Å². The average molecular weight is 585 g/mol. The van der Waals surface area contributed by atoms with Crippen LogP contribution in [-0.4, -0.2) is 86.3 Å². The monoisotopic (exact) mass is 584 g/mol. The molecule has 2 aliphatic rings. The van der Waals surface area contributed by atoms with Gasteiger partial charge in [-0.15, -0.1) is 0 Å². The third kappa shape index (κ3) is 7.19. The lowest BCUT2D eigenvalue weighted by molar-refractivity contribution is -0.138. The van der Waals surface area contributed by atoms with Gasteiger partial charge in [0.05, 0.1) is 35.7 Å². The second-order valence-electron chi connectivity index (χ2n) is 10.5. The highest BCUT2D eigenvalue weighted by molar-refractivity contribution is 6.07. The van der Waals surface area contributed by atoms with Crippen LogP contribution in [0.2, 0.25) is 0 Å². The minimum atomic E-state index is -4.87. The number of anilines is 2. The van der Waals surface area contributed by atoms with Crippen molar-refractivity contribution in [2.45, 2.75) is 12.7 Å². The van der Waals surface area contributed by atoms with Crippen LogP contribution in [0.5, 0.6) is 0 Å². The summed E-state index contributed by atoms with van der Waals surface area (Å²) >= 11 is 0. The molecule has 0 radical (unpaired) electrons. The molecule has 224 valence electrons. The van der Waals surface area contributed by atoms with Crippen molar-refractivity contribution in [3.63, 3.8) is 0 Å². The van der Waals surface area contributed by atoms with E-state index in [1.807, 2.05) is 29.2 Å². The van der Waals surface area contributed by atoms with Gasteiger partial charge in [0.1, 0.15) is 0 Å². The molecule has 4 N–H and O–H groups in total. The fourth-order valence-corrected chi connectivity index (χ4v) is 5.44. The number of aromatic nitrogens is 1. The summed E-state index contributed by atoms with van der Waals surface area (Å²) in [6.45, 7) is 8.37. The molecule has 0 saturated carbocycles. The van der Waals surface area contributed by atoms with Crippen LogP contribution in [0.1, 0.15) is 21.5 Å². The maximum atomic E-state index is 13.7. The first-order valence-electron chi connectivity index (χ1n) is 14.0. The largest absolute Gasteiger partial charge is 0.417 e. The summed E-state index contributed by atoms with van der Waals surface area (Å²) in [5.41, 5.74) is 6.75. The van der Waals surface area contributed by atoms with Crippen molar-refractivity contribution >= 4 is 17.3 Å². The first-order valence-corrected chi connectivity index (χ1v) is 14.0. The second-order valence-corrected chi connectivity index (χ2v) is 10.5. The number of carbonyl (C=O) groups is 1. The van der Waals surface area contributed by atoms with Crippen LogP contribution in [0.3, 0.4) is 0 Å². The van der Waals surface area contributed by atoms with Gasteiger partial charge in [0.15, 0.2) is 0 Å². The molecule has 9 nitrogen and oxygen atoms in total. The molecular formula is C30H35F3N6O3. The Bertz CT molecular complexity index is 1450. The normalized spacial score (nSPS) is 16.9. The third-order valence-electron chi connectivity index (χ3n) is 7.65. The van der Waals surface area contributed by atoms with Crippen LogP contribution in [-0.2, 0) is 17.5 Å². The van der Waals surface area contributed by atoms with E-state index in [9.17, 15) is 22.8 Å².